The Kier molecular flexibility index (Phi) is 15.6. The molecule has 16 heteroatoms. The molecule has 0 saturated carbocycles. The van der Waals surface area contributed by atoms with Gasteiger partial charge in [0.1, 0.15) is 22.1 Å². The van der Waals surface area contributed by atoms with Crippen LogP contribution in [0.15, 0.2) is 48.4 Å². The number of nitrogens with zero attached hydrogens (tertiary/aromatic N) is 10. The third kappa shape index (κ3) is 11.0. The van der Waals surface area contributed by atoms with Gasteiger partial charge in [-0.3, -0.25) is 28.0 Å². The largest absolute Gasteiger partial charge is 0.494 e. The van der Waals surface area contributed by atoms with Gasteiger partial charge in [-0.05, 0) is 117 Å². The van der Waals surface area contributed by atoms with E-state index < -0.39 is 37.0 Å². The predicted molar refractivity (Wildman–Crippen MR) is 197 cm³/mol. The minimum absolute atomic E-state index is 0.595. The summed E-state index contributed by atoms with van der Waals surface area (Å²) in [6.45, 7) is 15.4. The minimum Gasteiger partial charge on any atom is -0.375 e. The summed E-state index contributed by atoms with van der Waals surface area (Å²) in [5.41, 5.74) is 1.18. The van der Waals surface area contributed by atoms with Crippen LogP contribution in [0.2, 0.25) is 0 Å². The Labute approximate surface area is 260 Å². The van der Waals surface area contributed by atoms with Crippen LogP contribution in [0.4, 0.5) is 0 Å². The lowest BCUT2D eigenvalue weighted by Crippen LogP contribution is -2.27. The fraction of sp³-hybridized carbons (Fsp3) is 0.769. The van der Waals surface area contributed by atoms with Crippen LogP contribution >= 0.6 is 37.0 Å². The van der Waals surface area contributed by atoms with E-state index in [4.69, 9.17) is 22.8 Å². The predicted octanol–water partition coefficient (Wildman–Crippen LogP) is 7.69. The fourth-order valence-corrected chi connectivity index (χ4v) is 21.2. The van der Waals surface area contributed by atoms with E-state index in [1.807, 2.05) is 18.2 Å². The summed E-state index contributed by atoms with van der Waals surface area (Å²) in [6.07, 6.45) is 0. The Morgan fingerprint density at radius 1 is 0.571 bits per heavy atom. The van der Waals surface area contributed by atoms with Gasteiger partial charge in [-0.2, -0.15) is 0 Å². The van der Waals surface area contributed by atoms with Crippen molar-refractivity contribution in [3.8, 4) is 0 Å². The molecule has 0 aliphatic heterocycles. The Balaban J connectivity index is 4.09. The normalized spacial score (nSPS) is 15.2. The van der Waals surface area contributed by atoms with Gasteiger partial charge in [0, 0.05) is 33.6 Å². The highest BCUT2D eigenvalue weighted by Gasteiger charge is 2.50. The lowest BCUT2D eigenvalue weighted by atomic mass is 10.2. The van der Waals surface area contributed by atoms with Crippen molar-refractivity contribution in [2.45, 2.75) is 6.61 Å². The number of likely N-dealkylation sites (N-methyl/N-ethyl adjacent to an activating group) is 1. The van der Waals surface area contributed by atoms with Gasteiger partial charge in [0.15, 0.2) is 0 Å². The third-order valence-corrected chi connectivity index (χ3v) is 26.5. The highest BCUT2D eigenvalue weighted by Crippen LogP contribution is 2.83. The van der Waals surface area contributed by atoms with Crippen molar-refractivity contribution in [2.75, 3.05) is 131 Å². The molecule has 0 amide bonds. The average Bonchev–Trinajstić information content (AvgIpc) is 2.85. The second kappa shape index (κ2) is 16.2. The molecule has 1 aromatic carbocycles. The molecule has 1 unspecified atom stereocenters. The van der Waals surface area contributed by atoms with Gasteiger partial charge in [-0.15, -0.1) is 0 Å². The summed E-state index contributed by atoms with van der Waals surface area (Å²) in [5.74, 6) is 0. The molecule has 0 saturated heterocycles. The van der Waals surface area contributed by atoms with Gasteiger partial charge in [-0.1, -0.05) is 34.8 Å². The molecule has 1 atom stereocenters. The highest BCUT2D eigenvalue weighted by molar-refractivity contribution is 7.88. The van der Waals surface area contributed by atoms with Gasteiger partial charge < -0.3 is 4.74 Å². The number of benzene rings is 1. The van der Waals surface area contributed by atoms with E-state index in [2.05, 4.69) is 158 Å². The van der Waals surface area contributed by atoms with Crippen molar-refractivity contribution in [1.82, 2.24) is 28.0 Å². The third-order valence-electron chi connectivity index (χ3n) is 7.36. The zero-order chi connectivity index (χ0) is 32.7. The Bertz CT molecular complexity index is 1150. The Hall–Kier alpha value is 0.290. The molecule has 1 aromatic rings. The Morgan fingerprint density at radius 3 is 1.31 bits per heavy atom. The van der Waals surface area contributed by atoms with E-state index in [1.165, 1.54) is 5.56 Å². The number of ether oxygens (including phenoxy) is 1. The van der Waals surface area contributed by atoms with Gasteiger partial charge in [-0.25, -0.2) is 0 Å². The molecule has 0 heterocycles. The first-order chi connectivity index (χ1) is 19.0. The maximum absolute atomic E-state index is 6.11. The van der Waals surface area contributed by atoms with Gasteiger partial charge >= 0.3 is 7.87 Å². The molecule has 0 aliphatic rings. The van der Waals surface area contributed by atoms with Crippen molar-refractivity contribution in [2.24, 2.45) is 18.1 Å². The maximum atomic E-state index is 6.11. The molecule has 246 valence electrons. The van der Waals surface area contributed by atoms with Crippen LogP contribution in [0.1, 0.15) is 5.56 Å². The quantitative estimate of drug-likeness (QED) is 0.138. The van der Waals surface area contributed by atoms with Crippen molar-refractivity contribution in [3.05, 3.63) is 35.9 Å². The average molecular weight is 686 g/mol. The smallest absolute Gasteiger partial charge is 0.375 e. The lowest BCUT2D eigenvalue weighted by molar-refractivity contribution is 0.113. The zero-order valence-electron chi connectivity index (χ0n) is 29.6. The van der Waals surface area contributed by atoms with E-state index in [1.54, 1.807) is 0 Å². The van der Waals surface area contributed by atoms with E-state index in [0.717, 1.165) is 6.54 Å². The maximum Gasteiger partial charge on any atom is 0.494 e. The molecule has 11 nitrogen and oxygen atoms in total. The SMILES string of the molecule is CN(C)P(C)(=N[P+](N=P(C)(C)C)(N=P(C)(N(C)C)N(C)C)N=P(C)(N(C)C)N(C)CCOCc1ccccc1)N(C)C. The molecular weight excluding hydrogens is 623 g/mol. The van der Waals surface area contributed by atoms with E-state index in [0.29, 0.717) is 13.2 Å². The number of hydrogen-bond donors (Lipinski definition) is 0. The molecular formula is C26H62N10OP5+. The molecule has 0 aliphatic carbocycles. The molecule has 1 rings (SSSR count). The number of hydrogen-bond acceptors (Lipinski definition) is 5. The zero-order valence-corrected chi connectivity index (χ0v) is 34.1. The monoisotopic (exact) mass is 685 g/mol. The van der Waals surface area contributed by atoms with E-state index in [9.17, 15) is 0 Å². The van der Waals surface area contributed by atoms with Crippen LogP contribution in [0.3, 0.4) is 0 Å². The summed E-state index contributed by atoms with van der Waals surface area (Å²) >= 11 is 0. The minimum atomic E-state index is -2.99. The second-order valence-corrected chi connectivity index (χ2v) is 30.3. The fourth-order valence-electron chi connectivity index (χ4n) is 3.79. The van der Waals surface area contributed by atoms with Crippen molar-refractivity contribution in [1.29, 1.82) is 0 Å². The summed E-state index contributed by atoms with van der Waals surface area (Å²) in [6, 6.07) is 10.3. The second-order valence-electron chi connectivity index (χ2n) is 12.6. The van der Waals surface area contributed by atoms with Gasteiger partial charge in [0.2, 0.25) is 0 Å². The lowest BCUT2D eigenvalue weighted by Gasteiger charge is -2.37. The van der Waals surface area contributed by atoms with Gasteiger partial charge in [0.25, 0.3) is 0 Å². The van der Waals surface area contributed by atoms with Crippen molar-refractivity contribution in [3.63, 3.8) is 0 Å². The van der Waals surface area contributed by atoms with Crippen molar-refractivity contribution < 1.29 is 4.74 Å². The first-order valence-corrected chi connectivity index (χ1v) is 25.0. The van der Waals surface area contributed by atoms with Crippen LogP contribution in [0.25, 0.3) is 0 Å². The van der Waals surface area contributed by atoms with Crippen molar-refractivity contribution >= 4 is 37.0 Å². The summed E-state index contributed by atoms with van der Waals surface area (Å²) in [7, 11) is 12.0. The molecule has 0 bridgehead atoms. The van der Waals surface area contributed by atoms with Crippen LogP contribution in [-0.4, -0.2) is 159 Å². The molecule has 0 aromatic heterocycles. The van der Waals surface area contributed by atoms with Crippen LogP contribution < -0.4 is 0 Å². The first-order valence-electron chi connectivity index (χ1n) is 14.1. The van der Waals surface area contributed by atoms with Crippen LogP contribution in [0.5, 0.6) is 0 Å². The van der Waals surface area contributed by atoms with E-state index >= 15 is 0 Å². The van der Waals surface area contributed by atoms with E-state index in [-0.39, 0.29) is 0 Å². The Morgan fingerprint density at radius 2 is 0.952 bits per heavy atom. The summed E-state index contributed by atoms with van der Waals surface area (Å²) in [4.78, 5) is 0. The summed E-state index contributed by atoms with van der Waals surface area (Å²) in [5, 5.41) is 0. The molecule has 0 fully saturated rings. The summed E-state index contributed by atoms with van der Waals surface area (Å²) < 4.78 is 42.8. The highest BCUT2D eigenvalue weighted by atomic mass is 31.3. The number of rotatable bonds is 15. The molecule has 0 radical (unpaired) electrons. The molecule has 42 heavy (non-hydrogen) atoms. The van der Waals surface area contributed by atoms with Crippen LogP contribution in [0, 0.1) is 0 Å². The standard InChI is InChI=1S/C26H62N10OP5/c1-31(2)39(15,32(3)4)28-42(27-38(12,13)14,29-40(16,33(5)6)34(7)8)30-41(17,35(9)10)36(11)23-24-37-25-26-21-19-18-20-22-26/h18-22H,23-25H2,1-17H3/q+1. The first kappa shape index (κ1) is 40.3. The molecule has 0 spiro atoms. The topological polar surface area (TPSA) is 78.1 Å². The van der Waals surface area contributed by atoms with Gasteiger partial charge in [0.05, 0.1) is 13.2 Å². The van der Waals surface area contributed by atoms with Crippen LogP contribution in [-0.2, 0) is 11.3 Å². The molecule has 0 N–H and O–H groups in total.